The third-order valence-corrected chi connectivity index (χ3v) is 5.92. The molecule has 33 heavy (non-hydrogen) atoms. The molecule has 1 saturated heterocycles. The zero-order valence-electron chi connectivity index (χ0n) is 20.1. The van der Waals surface area contributed by atoms with Crippen molar-refractivity contribution in [1.82, 2.24) is 15.2 Å². The highest BCUT2D eigenvalue weighted by Crippen LogP contribution is 2.27. The monoisotopic (exact) mass is 453 g/mol. The molecule has 0 spiro atoms. The lowest BCUT2D eigenvalue weighted by Gasteiger charge is -2.34. The molecule has 0 saturated carbocycles. The zero-order valence-corrected chi connectivity index (χ0v) is 20.1. The molecule has 8 heteroatoms. The number of nitrogens with zero attached hydrogens (tertiary/aromatic N) is 3. The molecule has 3 rings (SSSR count). The Labute approximate surface area is 195 Å². The van der Waals surface area contributed by atoms with Crippen molar-refractivity contribution in [1.29, 1.82) is 5.26 Å². The van der Waals surface area contributed by atoms with Gasteiger partial charge in [-0.2, -0.15) is 10.2 Å². The predicted octanol–water partition coefficient (Wildman–Crippen LogP) is 3.68. The first kappa shape index (κ1) is 24.7. The summed E-state index contributed by atoms with van der Waals surface area (Å²) in [5, 5.41) is 17.0. The van der Waals surface area contributed by atoms with E-state index in [9.17, 15) is 14.9 Å². The summed E-state index contributed by atoms with van der Waals surface area (Å²) in [6.45, 7) is 10.6. The molecule has 0 bridgehead atoms. The second kappa shape index (κ2) is 10.3. The van der Waals surface area contributed by atoms with E-state index in [2.05, 4.69) is 54.3 Å². The molecule has 8 nitrogen and oxygen atoms in total. The van der Waals surface area contributed by atoms with Gasteiger partial charge in [0.25, 0.3) is 0 Å². The average molecular weight is 454 g/mol. The van der Waals surface area contributed by atoms with E-state index < -0.39 is 17.3 Å². The number of fused-ring (bicyclic) bond motifs is 1. The lowest BCUT2D eigenvalue weighted by molar-refractivity contribution is -0.124. The van der Waals surface area contributed by atoms with Crippen LogP contribution < -0.4 is 16.4 Å². The number of carbonyl (C=O) groups is 1. The number of para-hydroxylation sites is 1. The molecule has 2 heterocycles. The number of rotatable bonds is 7. The number of aromatic nitrogens is 1. The van der Waals surface area contributed by atoms with Crippen LogP contribution in [0.5, 0.6) is 0 Å². The molecule has 0 aliphatic carbocycles. The van der Waals surface area contributed by atoms with Gasteiger partial charge in [0.05, 0.1) is 11.5 Å². The van der Waals surface area contributed by atoms with Crippen LogP contribution in [0.25, 0.3) is 11.0 Å². The van der Waals surface area contributed by atoms with Crippen LogP contribution in [-0.4, -0.2) is 47.0 Å². The fraction of sp³-hybridized carbons (Fsp3) is 0.600. The minimum absolute atomic E-state index is 0.179. The Kier molecular flexibility index (Phi) is 7.75. The maximum Gasteiger partial charge on any atom is 0.441 e. The number of anilines is 1. The summed E-state index contributed by atoms with van der Waals surface area (Å²) in [7, 11) is 0. The van der Waals surface area contributed by atoms with Crippen LogP contribution in [-0.2, 0) is 4.79 Å². The number of benzene rings is 1. The fourth-order valence-corrected chi connectivity index (χ4v) is 4.47. The molecule has 1 aromatic heterocycles. The molecule has 1 aliphatic rings. The van der Waals surface area contributed by atoms with Crippen molar-refractivity contribution in [2.24, 2.45) is 5.41 Å². The summed E-state index contributed by atoms with van der Waals surface area (Å²) >= 11 is 0. The van der Waals surface area contributed by atoms with Crippen LogP contribution in [0, 0.1) is 16.7 Å². The highest BCUT2D eigenvalue weighted by molar-refractivity contribution is 5.91. The number of nitrogens with one attached hydrogen (secondary N) is 2. The molecule has 1 aromatic carbocycles. The Balaban J connectivity index is 1.90. The van der Waals surface area contributed by atoms with Gasteiger partial charge in [-0.3, -0.25) is 9.69 Å². The molecule has 1 aliphatic heterocycles. The van der Waals surface area contributed by atoms with Gasteiger partial charge in [-0.25, -0.2) is 4.79 Å². The zero-order chi connectivity index (χ0) is 24.1. The number of carbonyl (C=O) groups excluding carboxylic acids is 1. The third-order valence-electron chi connectivity index (χ3n) is 5.92. The van der Waals surface area contributed by atoms with Gasteiger partial charge < -0.3 is 15.1 Å². The van der Waals surface area contributed by atoms with Crippen LogP contribution >= 0.6 is 0 Å². The Morgan fingerprint density at radius 2 is 2.09 bits per heavy atom. The quantitative estimate of drug-likeness (QED) is 0.658. The first-order chi connectivity index (χ1) is 15.6. The second-order valence-corrected chi connectivity index (χ2v) is 10.2. The largest absolute Gasteiger partial charge is 0.441 e. The number of amides is 1. The molecule has 2 atom stereocenters. The van der Waals surface area contributed by atoms with Crippen molar-refractivity contribution in [3.63, 3.8) is 0 Å². The Morgan fingerprint density at radius 1 is 1.33 bits per heavy atom. The van der Waals surface area contributed by atoms with E-state index in [1.54, 1.807) is 18.2 Å². The van der Waals surface area contributed by atoms with Gasteiger partial charge in [-0.1, -0.05) is 39.8 Å². The summed E-state index contributed by atoms with van der Waals surface area (Å²) in [5.41, 5.74) is -0.713. The fourth-order valence-electron chi connectivity index (χ4n) is 4.47. The summed E-state index contributed by atoms with van der Waals surface area (Å²) in [4.78, 5) is 31.9. The standard InChI is InChI=1S/C25H35N5O3/c1-5-13-30-14-9-8-12-25(16-26,17-30)29-22(31)19(15-24(2,3)4)27-21-18-10-6-7-11-20(18)33-23(32)28-21/h6-7,10-11,19H,5,8-9,12-15,17H2,1-4H3,(H,29,31)(H,27,28,32)/t19-,25?/m0/s1. The molecular weight excluding hydrogens is 418 g/mol. The summed E-state index contributed by atoms with van der Waals surface area (Å²) in [6.07, 6.45) is 4.01. The van der Waals surface area contributed by atoms with Gasteiger partial charge in [0.2, 0.25) is 5.91 Å². The summed E-state index contributed by atoms with van der Waals surface area (Å²) in [5.74, 6) is -0.673. The molecule has 2 N–H and O–H groups in total. The molecule has 1 amide bonds. The molecule has 1 unspecified atom stereocenters. The van der Waals surface area contributed by atoms with E-state index >= 15 is 0 Å². The summed E-state index contributed by atoms with van der Waals surface area (Å²) < 4.78 is 5.19. The number of nitriles is 1. The maximum absolute atomic E-state index is 13.6. The molecule has 2 aromatic rings. The van der Waals surface area contributed by atoms with Gasteiger partial charge in [0, 0.05) is 6.54 Å². The van der Waals surface area contributed by atoms with Crippen LogP contribution in [0.1, 0.15) is 59.8 Å². The Hall–Kier alpha value is -2.92. The number of hydrogen-bond acceptors (Lipinski definition) is 7. The molecule has 1 fully saturated rings. The SMILES string of the molecule is CCCN1CCCCC(C#N)(NC(=O)[C@H](CC(C)(C)C)Nc2nc(=O)oc3ccccc23)C1. The lowest BCUT2D eigenvalue weighted by atomic mass is 9.86. The minimum atomic E-state index is -0.939. The Bertz CT molecular complexity index is 1070. The van der Waals surface area contributed by atoms with E-state index in [0.29, 0.717) is 36.2 Å². The van der Waals surface area contributed by atoms with E-state index in [0.717, 1.165) is 32.4 Å². The third kappa shape index (κ3) is 6.55. The molecule has 0 radical (unpaired) electrons. The van der Waals surface area contributed by atoms with Crippen molar-refractivity contribution in [2.45, 2.75) is 71.4 Å². The van der Waals surface area contributed by atoms with E-state index in [1.807, 2.05) is 6.07 Å². The lowest BCUT2D eigenvalue weighted by Crippen LogP contribution is -2.57. The average Bonchev–Trinajstić information content (AvgIpc) is 2.95. The van der Waals surface area contributed by atoms with Crippen molar-refractivity contribution in [3.8, 4) is 6.07 Å². The topological polar surface area (TPSA) is 111 Å². The molecular formula is C25H35N5O3. The predicted molar refractivity (Wildman–Crippen MR) is 129 cm³/mol. The van der Waals surface area contributed by atoms with Gasteiger partial charge >= 0.3 is 5.76 Å². The highest BCUT2D eigenvalue weighted by atomic mass is 16.4. The smallest absolute Gasteiger partial charge is 0.408 e. The van der Waals surface area contributed by atoms with Crippen LogP contribution in [0.15, 0.2) is 33.5 Å². The van der Waals surface area contributed by atoms with Crippen molar-refractivity contribution < 1.29 is 9.21 Å². The minimum Gasteiger partial charge on any atom is -0.408 e. The first-order valence-electron chi connectivity index (χ1n) is 11.8. The van der Waals surface area contributed by atoms with Gasteiger partial charge in [0.15, 0.2) is 0 Å². The van der Waals surface area contributed by atoms with Crippen LogP contribution in [0.2, 0.25) is 0 Å². The Morgan fingerprint density at radius 3 is 2.79 bits per heavy atom. The van der Waals surface area contributed by atoms with E-state index in [-0.39, 0.29) is 11.3 Å². The van der Waals surface area contributed by atoms with Gasteiger partial charge in [-0.05, 0) is 62.7 Å². The van der Waals surface area contributed by atoms with Crippen LogP contribution in [0.4, 0.5) is 5.82 Å². The first-order valence-corrected chi connectivity index (χ1v) is 11.8. The van der Waals surface area contributed by atoms with Crippen molar-refractivity contribution in [2.75, 3.05) is 25.0 Å². The van der Waals surface area contributed by atoms with Crippen LogP contribution in [0.3, 0.4) is 0 Å². The number of likely N-dealkylation sites (tertiary alicyclic amines) is 1. The normalized spacial score (nSPS) is 20.6. The van der Waals surface area contributed by atoms with Gasteiger partial charge in [-0.15, -0.1) is 0 Å². The number of hydrogen-bond donors (Lipinski definition) is 2. The maximum atomic E-state index is 13.6. The van der Waals surface area contributed by atoms with Gasteiger partial charge in [0.1, 0.15) is 23.0 Å². The highest BCUT2D eigenvalue weighted by Gasteiger charge is 2.38. The van der Waals surface area contributed by atoms with E-state index in [4.69, 9.17) is 4.42 Å². The van der Waals surface area contributed by atoms with Crippen molar-refractivity contribution in [3.05, 3.63) is 34.8 Å². The van der Waals surface area contributed by atoms with E-state index in [1.165, 1.54) is 0 Å². The van der Waals surface area contributed by atoms with Crippen molar-refractivity contribution >= 4 is 22.7 Å². The molecule has 178 valence electrons. The second-order valence-electron chi connectivity index (χ2n) is 10.2. The summed E-state index contributed by atoms with van der Waals surface area (Å²) in [6, 6.07) is 8.84.